The van der Waals surface area contributed by atoms with Gasteiger partial charge in [-0.25, -0.2) is 4.98 Å². The fourth-order valence-electron chi connectivity index (χ4n) is 3.45. The number of halogens is 1. The van der Waals surface area contributed by atoms with Crippen LogP contribution in [0.4, 0.5) is 5.69 Å². The molecule has 3 atom stereocenters. The van der Waals surface area contributed by atoms with E-state index in [1.54, 1.807) is 6.07 Å². The molecule has 0 aliphatic heterocycles. The maximum absolute atomic E-state index is 12.3. The first-order valence-corrected chi connectivity index (χ1v) is 6.95. The fourth-order valence-corrected chi connectivity index (χ4v) is 3.64. The molecule has 3 unspecified atom stereocenters. The molecule has 18 heavy (non-hydrogen) atoms. The van der Waals surface area contributed by atoms with E-state index in [9.17, 15) is 4.79 Å². The summed E-state index contributed by atoms with van der Waals surface area (Å²) in [4.78, 5) is 16.4. The second-order valence-electron chi connectivity index (χ2n) is 5.54. The number of rotatable bonds is 2. The molecule has 96 valence electrons. The summed E-state index contributed by atoms with van der Waals surface area (Å²) in [6.07, 6.45) is 4.85. The lowest BCUT2D eigenvalue weighted by molar-refractivity contribution is -0.121. The first kappa shape index (κ1) is 12.0. The number of aromatic nitrogens is 1. The Morgan fingerprint density at radius 3 is 2.83 bits per heavy atom. The zero-order chi connectivity index (χ0) is 12.7. The van der Waals surface area contributed by atoms with E-state index in [0.29, 0.717) is 11.1 Å². The molecule has 4 heteroatoms. The second kappa shape index (κ2) is 4.54. The molecule has 0 spiro atoms. The predicted molar refractivity (Wildman–Crippen MR) is 71.6 cm³/mol. The summed E-state index contributed by atoms with van der Waals surface area (Å²) in [7, 11) is 0. The van der Waals surface area contributed by atoms with Crippen LogP contribution in [0.25, 0.3) is 0 Å². The van der Waals surface area contributed by atoms with Gasteiger partial charge in [-0.1, -0.05) is 18.0 Å². The average Bonchev–Trinajstić information content (AvgIpc) is 2.94. The maximum atomic E-state index is 12.3. The van der Waals surface area contributed by atoms with Crippen LogP contribution in [0.1, 0.15) is 31.4 Å². The third-order valence-electron chi connectivity index (χ3n) is 4.38. The van der Waals surface area contributed by atoms with Crippen LogP contribution in [0.5, 0.6) is 0 Å². The number of amides is 1. The summed E-state index contributed by atoms with van der Waals surface area (Å²) in [6.45, 7) is 1.86. The number of anilines is 1. The summed E-state index contributed by atoms with van der Waals surface area (Å²) in [5, 5.41) is 3.47. The van der Waals surface area contributed by atoms with Crippen molar-refractivity contribution >= 4 is 23.2 Å². The van der Waals surface area contributed by atoms with Crippen molar-refractivity contribution < 1.29 is 4.79 Å². The average molecular weight is 265 g/mol. The number of pyridine rings is 1. The molecular formula is C14H17ClN2O. The number of nitrogens with one attached hydrogen (secondary N) is 1. The highest BCUT2D eigenvalue weighted by atomic mass is 35.5. The van der Waals surface area contributed by atoms with Crippen LogP contribution in [-0.4, -0.2) is 10.9 Å². The predicted octanol–water partition coefficient (Wildman–Crippen LogP) is 3.42. The van der Waals surface area contributed by atoms with Gasteiger partial charge in [0.15, 0.2) is 0 Å². The number of carbonyl (C=O) groups is 1. The topological polar surface area (TPSA) is 42.0 Å². The third-order valence-corrected chi connectivity index (χ3v) is 4.60. The largest absolute Gasteiger partial charge is 0.324 e. The number of nitrogens with zero attached hydrogens (tertiary/aromatic N) is 1. The van der Waals surface area contributed by atoms with E-state index in [-0.39, 0.29) is 11.8 Å². The molecule has 2 saturated carbocycles. The van der Waals surface area contributed by atoms with Crippen molar-refractivity contribution in [3.05, 3.63) is 23.0 Å². The molecule has 2 aliphatic carbocycles. The smallest absolute Gasteiger partial charge is 0.227 e. The van der Waals surface area contributed by atoms with E-state index in [2.05, 4.69) is 10.3 Å². The van der Waals surface area contributed by atoms with E-state index < -0.39 is 0 Å². The molecule has 3 nitrogen and oxygen atoms in total. The number of aryl methyl sites for hydroxylation is 1. The maximum Gasteiger partial charge on any atom is 0.227 e. The second-order valence-corrected chi connectivity index (χ2v) is 5.92. The van der Waals surface area contributed by atoms with E-state index in [4.69, 9.17) is 11.6 Å². The van der Waals surface area contributed by atoms with Crippen LogP contribution in [0.2, 0.25) is 5.15 Å². The minimum Gasteiger partial charge on any atom is -0.324 e. The van der Waals surface area contributed by atoms with Crippen molar-refractivity contribution in [1.29, 1.82) is 0 Å². The number of hydrogen-bond acceptors (Lipinski definition) is 2. The minimum atomic E-state index is 0.162. The monoisotopic (exact) mass is 264 g/mol. The molecule has 1 N–H and O–H groups in total. The fraction of sp³-hybridized carbons (Fsp3) is 0.571. The van der Waals surface area contributed by atoms with Crippen molar-refractivity contribution in [3.8, 4) is 0 Å². The molecule has 1 amide bonds. The molecule has 1 aromatic heterocycles. The Morgan fingerprint density at radius 1 is 1.39 bits per heavy atom. The molecule has 0 aromatic carbocycles. The summed E-state index contributed by atoms with van der Waals surface area (Å²) in [5.74, 6) is 1.76. The number of hydrogen-bond donors (Lipinski definition) is 1. The van der Waals surface area contributed by atoms with Gasteiger partial charge in [-0.2, -0.15) is 0 Å². The van der Waals surface area contributed by atoms with Crippen molar-refractivity contribution in [2.24, 2.45) is 17.8 Å². The first-order valence-electron chi connectivity index (χ1n) is 6.57. The molecule has 0 radical (unpaired) electrons. The van der Waals surface area contributed by atoms with Gasteiger partial charge in [0.25, 0.3) is 0 Å². The zero-order valence-corrected chi connectivity index (χ0v) is 11.2. The minimum absolute atomic E-state index is 0.162. The van der Waals surface area contributed by atoms with Crippen molar-refractivity contribution in [3.63, 3.8) is 0 Å². The lowest BCUT2D eigenvalue weighted by atomic mass is 9.88. The highest BCUT2D eigenvalue weighted by Crippen LogP contribution is 2.48. The van der Waals surface area contributed by atoms with E-state index in [1.165, 1.54) is 19.3 Å². The Morgan fingerprint density at radius 2 is 2.22 bits per heavy atom. The van der Waals surface area contributed by atoms with Gasteiger partial charge in [0, 0.05) is 5.92 Å². The van der Waals surface area contributed by atoms with Gasteiger partial charge >= 0.3 is 0 Å². The van der Waals surface area contributed by atoms with Crippen LogP contribution in [0, 0.1) is 24.7 Å². The Hall–Kier alpha value is -1.09. The Balaban J connectivity index is 1.71. The zero-order valence-electron chi connectivity index (χ0n) is 10.4. The Bertz CT molecular complexity index is 489. The Kier molecular flexibility index (Phi) is 3.02. The molecule has 2 aliphatic rings. The normalized spacial score (nSPS) is 29.6. The lowest BCUT2D eigenvalue weighted by Gasteiger charge is -2.21. The van der Waals surface area contributed by atoms with Crippen LogP contribution >= 0.6 is 11.6 Å². The number of fused-ring (bicyclic) bond motifs is 2. The molecule has 1 heterocycles. The van der Waals surface area contributed by atoms with Crippen LogP contribution in [-0.2, 0) is 4.79 Å². The van der Waals surface area contributed by atoms with Crippen molar-refractivity contribution in [2.75, 3.05) is 5.32 Å². The van der Waals surface area contributed by atoms with Crippen LogP contribution in [0.3, 0.4) is 0 Å². The van der Waals surface area contributed by atoms with Gasteiger partial charge in [-0.05, 0) is 50.2 Å². The molecule has 3 rings (SSSR count). The summed E-state index contributed by atoms with van der Waals surface area (Å²) < 4.78 is 0. The highest BCUT2D eigenvalue weighted by molar-refractivity contribution is 6.29. The van der Waals surface area contributed by atoms with Crippen LogP contribution < -0.4 is 5.32 Å². The summed E-state index contributed by atoms with van der Waals surface area (Å²) in [6, 6.07) is 3.54. The molecular weight excluding hydrogens is 248 g/mol. The molecule has 2 fully saturated rings. The summed E-state index contributed by atoms with van der Waals surface area (Å²) in [5.41, 5.74) is 1.56. The van der Waals surface area contributed by atoms with Gasteiger partial charge in [0.1, 0.15) is 5.15 Å². The van der Waals surface area contributed by atoms with Crippen molar-refractivity contribution in [2.45, 2.75) is 32.6 Å². The Labute approximate surface area is 112 Å². The van der Waals surface area contributed by atoms with Gasteiger partial charge < -0.3 is 5.32 Å². The quantitative estimate of drug-likeness (QED) is 0.832. The van der Waals surface area contributed by atoms with Crippen molar-refractivity contribution in [1.82, 2.24) is 4.98 Å². The van der Waals surface area contributed by atoms with Gasteiger partial charge in [-0.15, -0.1) is 0 Å². The van der Waals surface area contributed by atoms with E-state index in [1.807, 2.05) is 13.0 Å². The third kappa shape index (κ3) is 2.12. The SMILES string of the molecule is Cc1nc(Cl)ccc1NC(=O)C1CC2CCC1C2. The van der Waals surface area contributed by atoms with E-state index >= 15 is 0 Å². The van der Waals surface area contributed by atoms with E-state index in [0.717, 1.165) is 23.7 Å². The van der Waals surface area contributed by atoms with Crippen LogP contribution in [0.15, 0.2) is 12.1 Å². The molecule has 0 saturated heterocycles. The first-order chi connectivity index (χ1) is 8.63. The summed E-state index contributed by atoms with van der Waals surface area (Å²) >= 11 is 5.81. The van der Waals surface area contributed by atoms with Gasteiger partial charge in [0.2, 0.25) is 5.91 Å². The lowest BCUT2D eigenvalue weighted by Crippen LogP contribution is -2.27. The standard InChI is InChI=1S/C14H17ClN2O/c1-8-12(4-5-13(15)16-8)17-14(18)11-7-9-2-3-10(11)6-9/h4-5,9-11H,2-3,6-7H2,1H3,(H,17,18). The van der Waals surface area contributed by atoms with Gasteiger partial charge in [0.05, 0.1) is 11.4 Å². The molecule has 1 aromatic rings. The molecule has 2 bridgehead atoms. The van der Waals surface area contributed by atoms with Gasteiger partial charge in [-0.3, -0.25) is 4.79 Å². The highest BCUT2D eigenvalue weighted by Gasteiger charge is 2.43. The number of carbonyl (C=O) groups excluding carboxylic acids is 1.